The van der Waals surface area contributed by atoms with Gasteiger partial charge in [-0.1, -0.05) is 6.07 Å². The van der Waals surface area contributed by atoms with Crippen molar-refractivity contribution in [2.45, 2.75) is 12.2 Å². The number of carbonyl (C=O) groups is 1. The summed E-state index contributed by atoms with van der Waals surface area (Å²) in [6.07, 6.45) is 0. The maximum atomic E-state index is 11.1. The van der Waals surface area contributed by atoms with Crippen LogP contribution in [0.1, 0.15) is 17.7 Å². The third kappa shape index (κ3) is 1.70. The Morgan fingerprint density at radius 1 is 1.57 bits per heavy atom. The normalized spacial score (nSPS) is 16.6. The SMILES string of the molecule is CC(S)c1ccc2c(c1)NC(=O)CO2. The fourth-order valence-electron chi connectivity index (χ4n) is 1.36. The molecule has 1 aromatic carbocycles. The molecule has 74 valence electrons. The molecule has 1 unspecified atom stereocenters. The van der Waals surface area contributed by atoms with Crippen molar-refractivity contribution < 1.29 is 9.53 Å². The third-order valence-corrected chi connectivity index (χ3v) is 2.42. The first-order valence-corrected chi connectivity index (χ1v) is 4.93. The lowest BCUT2D eigenvalue weighted by molar-refractivity contribution is -0.118. The molecule has 0 radical (unpaired) electrons. The van der Waals surface area contributed by atoms with E-state index in [0.29, 0.717) is 0 Å². The van der Waals surface area contributed by atoms with E-state index < -0.39 is 0 Å². The quantitative estimate of drug-likeness (QED) is 0.694. The maximum Gasteiger partial charge on any atom is 0.262 e. The van der Waals surface area contributed by atoms with Gasteiger partial charge in [0.2, 0.25) is 0 Å². The molecular weight excluding hydrogens is 198 g/mol. The van der Waals surface area contributed by atoms with Crippen LogP contribution in [0.4, 0.5) is 5.69 Å². The molecule has 1 N–H and O–H groups in total. The monoisotopic (exact) mass is 209 g/mol. The fourth-order valence-corrected chi connectivity index (χ4v) is 1.52. The number of benzene rings is 1. The van der Waals surface area contributed by atoms with Crippen LogP contribution in [0.2, 0.25) is 0 Å². The van der Waals surface area contributed by atoms with Crippen molar-refractivity contribution in [3.63, 3.8) is 0 Å². The number of thiol groups is 1. The average Bonchev–Trinajstić information content (AvgIpc) is 2.16. The highest BCUT2D eigenvalue weighted by atomic mass is 32.1. The lowest BCUT2D eigenvalue weighted by atomic mass is 10.1. The molecule has 2 rings (SSSR count). The summed E-state index contributed by atoms with van der Waals surface area (Å²) in [6, 6.07) is 5.70. The molecule has 0 saturated carbocycles. The molecule has 1 aromatic rings. The Morgan fingerprint density at radius 2 is 2.36 bits per heavy atom. The van der Waals surface area contributed by atoms with Crippen molar-refractivity contribution in [2.24, 2.45) is 0 Å². The van der Waals surface area contributed by atoms with Crippen LogP contribution >= 0.6 is 12.6 Å². The second-order valence-corrected chi connectivity index (χ2v) is 4.04. The molecule has 0 aromatic heterocycles. The predicted molar refractivity (Wildman–Crippen MR) is 58.0 cm³/mol. The fraction of sp³-hybridized carbons (Fsp3) is 0.300. The van der Waals surface area contributed by atoms with Crippen LogP contribution in [0.5, 0.6) is 5.75 Å². The van der Waals surface area contributed by atoms with E-state index in [4.69, 9.17) is 4.74 Å². The van der Waals surface area contributed by atoms with Gasteiger partial charge in [-0.2, -0.15) is 12.6 Å². The Balaban J connectivity index is 2.37. The Hall–Kier alpha value is -1.16. The van der Waals surface area contributed by atoms with Gasteiger partial charge in [-0.05, 0) is 24.6 Å². The summed E-state index contributed by atoms with van der Waals surface area (Å²) in [5.41, 5.74) is 1.80. The van der Waals surface area contributed by atoms with Crippen molar-refractivity contribution in [3.8, 4) is 5.75 Å². The van der Waals surface area contributed by atoms with Crippen molar-refractivity contribution >= 4 is 24.2 Å². The summed E-state index contributed by atoms with van der Waals surface area (Å²) in [4.78, 5) is 11.1. The lowest BCUT2D eigenvalue weighted by Crippen LogP contribution is -2.25. The second-order valence-electron chi connectivity index (χ2n) is 3.27. The van der Waals surface area contributed by atoms with E-state index in [2.05, 4.69) is 17.9 Å². The van der Waals surface area contributed by atoms with Gasteiger partial charge in [0.1, 0.15) is 5.75 Å². The Bertz CT molecular complexity index is 376. The van der Waals surface area contributed by atoms with Gasteiger partial charge < -0.3 is 10.1 Å². The van der Waals surface area contributed by atoms with Crippen molar-refractivity contribution in [1.82, 2.24) is 0 Å². The van der Waals surface area contributed by atoms with E-state index >= 15 is 0 Å². The number of carbonyl (C=O) groups excluding carboxylic acids is 1. The summed E-state index contributed by atoms with van der Waals surface area (Å²) in [5, 5.41) is 2.91. The minimum Gasteiger partial charge on any atom is -0.482 e. The van der Waals surface area contributed by atoms with Crippen molar-refractivity contribution in [3.05, 3.63) is 23.8 Å². The molecule has 1 aliphatic heterocycles. The molecular formula is C10H11NO2S. The van der Waals surface area contributed by atoms with Gasteiger partial charge in [0.05, 0.1) is 5.69 Å². The topological polar surface area (TPSA) is 38.3 Å². The minimum absolute atomic E-state index is 0.1000. The molecule has 1 atom stereocenters. The van der Waals surface area contributed by atoms with Gasteiger partial charge in [-0.3, -0.25) is 4.79 Å². The zero-order chi connectivity index (χ0) is 10.1. The number of nitrogens with one attached hydrogen (secondary N) is 1. The predicted octanol–water partition coefficient (Wildman–Crippen LogP) is 2.01. The van der Waals surface area contributed by atoms with Crippen LogP contribution in [-0.2, 0) is 4.79 Å². The number of anilines is 1. The molecule has 1 heterocycles. The van der Waals surface area contributed by atoms with Crippen molar-refractivity contribution in [1.29, 1.82) is 0 Å². The van der Waals surface area contributed by atoms with E-state index in [1.54, 1.807) is 0 Å². The van der Waals surface area contributed by atoms with E-state index in [-0.39, 0.29) is 17.8 Å². The zero-order valence-electron chi connectivity index (χ0n) is 7.78. The lowest BCUT2D eigenvalue weighted by Gasteiger charge is -2.19. The molecule has 1 aliphatic rings. The van der Waals surface area contributed by atoms with E-state index in [9.17, 15) is 4.79 Å². The summed E-state index contributed by atoms with van der Waals surface area (Å²) < 4.78 is 5.23. The standard InChI is InChI=1S/C10H11NO2S/c1-6(14)7-2-3-9-8(4-7)11-10(12)5-13-9/h2-4,6,14H,5H2,1H3,(H,11,12). The van der Waals surface area contributed by atoms with Crippen LogP contribution in [0.25, 0.3) is 0 Å². The number of hydrogen-bond acceptors (Lipinski definition) is 3. The van der Waals surface area contributed by atoms with E-state index in [1.807, 2.05) is 25.1 Å². The van der Waals surface area contributed by atoms with Gasteiger partial charge in [0.25, 0.3) is 5.91 Å². The summed E-state index contributed by atoms with van der Waals surface area (Å²) in [7, 11) is 0. The van der Waals surface area contributed by atoms with Gasteiger partial charge in [-0.25, -0.2) is 0 Å². The smallest absolute Gasteiger partial charge is 0.262 e. The van der Waals surface area contributed by atoms with Crippen LogP contribution in [0, 0.1) is 0 Å². The van der Waals surface area contributed by atoms with Gasteiger partial charge in [0, 0.05) is 5.25 Å². The molecule has 0 aliphatic carbocycles. The molecule has 4 heteroatoms. The highest BCUT2D eigenvalue weighted by Gasteiger charge is 2.16. The number of fused-ring (bicyclic) bond motifs is 1. The molecule has 14 heavy (non-hydrogen) atoms. The molecule has 3 nitrogen and oxygen atoms in total. The molecule has 0 bridgehead atoms. The first kappa shape index (κ1) is 9.40. The highest BCUT2D eigenvalue weighted by molar-refractivity contribution is 7.80. The third-order valence-electron chi connectivity index (χ3n) is 2.12. The van der Waals surface area contributed by atoms with Gasteiger partial charge in [0.15, 0.2) is 6.61 Å². The molecule has 0 spiro atoms. The zero-order valence-corrected chi connectivity index (χ0v) is 8.67. The molecule has 0 saturated heterocycles. The summed E-state index contributed by atoms with van der Waals surface area (Å²) in [6.45, 7) is 2.08. The Kier molecular flexibility index (Phi) is 2.37. The Labute approximate surface area is 87.9 Å². The van der Waals surface area contributed by atoms with Gasteiger partial charge in [-0.15, -0.1) is 0 Å². The number of amides is 1. The maximum absolute atomic E-state index is 11.1. The number of hydrogen-bond donors (Lipinski definition) is 2. The van der Waals surface area contributed by atoms with E-state index in [1.165, 1.54) is 0 Å². The number of ether oxygens (including phenoxy) is 1. The van der Waals surface area contributed by atoms with Crippen LogP contribution in [0.3, 0.4) is 0 Å². The first-order valence-electron chi connectivity index (χ1n) is 4.41. The highest BCUT2D eigenvalue weighted by Crippen LogP contribution is 2.31. The van der Waals surface area contributed by atoms with Crippen LogP contribution in [-0.4, -0.2) is 12.5 Å². The Morgan fingerprint density at radius 3 is 3.07 bits per heavy atom. The largest absolute Gasteiger partial charge is 0.482 e. The first-order chi connectivity index (χ1) is 6.66. The molecule has 1 amide bonds. The van der Waals surface area contributed by atoms with Crippen LogP contribution in [0.15, 0.2) is 18.2 Å². The van der Waals surface area contributed by atoms with Crippen LogP contribution < -0.4 is 10.1 Å². The number of rotatable bonds is 1. The average molecular weight is 209 g/mol. The summed E-state index contributed by atoms with van der Waals surface area (Å²) >= 11 is 4.32. The molecule has 0 fully saturated rings. The minimum atomic E-state index is -0.110. The van der Waals surface area contributed by atoms with Gasteiger partial charge >= 0.3 is 0 Å². The van der Waals surface area contributed by atoms with E-state index in [0.717, 1.165) is 17.0 Å². The summed E-state index contributed by atoms with van der Waals surface area (Å²) in [5.74, 6) is 0.615. The second kappa shape index (κ2) is 3.53. The van der Waals surface area contributed by atoms with Crippen molar-refractivity contribution in [2.75, 3.05) is 11.9 Å².